The zero-order chi connectivity index (χ0) is 11.3. The van der Waals surface area contributed by atoms with Gasteiger partial charge < -0.3 is 11.1 Å². The summed E-state index contributed by atoms with van der Waals surface area (Å²) < 4.78 is 1.02. The zero-order valence-electron chi connectivity index (χ0n) is 9.09. The Kier molecular flexibility index (Phi) is 5.32. The molecule has 3 N–H and O–H groups in total. The van der Waals surface area contributed by atoms with E-state index >= 15 is 0 Å². The molecule has 84 valence electrons. The Morgan fingerprint density at radius 3 is 2.87 bits per heavy atom. The highest BCUT2D eigenvalue weighted by Gasteiger charge is 2.01. The number of hydrogen-bond donors (Lipinski definition) is 2. The first-order valence-corrected chi connectivity index (χ1v) is 7.03. The van der Waals surface area contributed by atoms with Crippen LogP contribution in [0.1, 0.15) is 13.3 Å². The van der Waals surface area contributed by atoms with Crippen LogP contribution in [0.4, 0.5) is 11.4 Å². The van der Waals surface area contributed by atoms with Gasteiger partial charge in [-0.05, 0) is 30.9 Å². The zero-order valence-corrected chi connectivity index (χ0v) is 11.5. The molecule has 1 aromatic carbocycles. The van der Waals surface area contributed by atoms with Crippen LogP contribution in [0.25, 0.3) is 0 Å². The van der Waals surface area contributed by atoms with Gasteiger partial charge in [0.1, 0.15) is 0 Å². The topological polar surface area (TPSA) is 38.0 Å². The summed E-state index contributed by atoms with van der Waals surface area (Å²) >= 11 is 5.28. The van der Waals surface area contributed by atoms with Crippen molar-refractivity contribution in [1.82, 2.24) is 0 Å². The summed E-state index contributed by atoms with van der Waals surface area (Å²) in [5.74, 6) is 0. The number of hydrogen-bond acceptors (Lipinski definition) is 3. The van der Waals surface area contributed by atoms with E-state index in [0.29, 0.717) is 5.25 Å². The van der Waals surface area contributed by atoms with Gasteiger partial charge in [-0.2, -0.15) is 11.8 Å². The fourth-order valence-electron chi connectivity index (χ4n) is 1.22. The highest BCUT2D eigenvalue weighted by molar-refractivity contribution is 9.10. The van der Waals surface area contributed by atoms with E-state index in [1.165, 1.54) is 0 Å². The maximum absolute atomic E-state index is 5.87. The quantitative estimate of drug-likeness (QED) is 0.814. The van der Waals surface area contributed by atoms with E-state index in [4.69, 9.17) is 5.73 Å². The molecule has 0 aliphatic heterocycles. The minimum absolute atomic E-state index is 0.689. The molecule has 1 unspecified atom stereocenters. The maximum Gasteiger partial charge on any atom is 0.0574 e. The van der Waals surface area contributed by atoms with Gasteiger partial charge in [0, 0.05) is 16.3 Å². The first kappa shape index (κ1) is 12.7. The van der Waals surface area contributed by atoms with Crippen LogP contribution in [0.2, 0.25) is 0 Å². The monoisotopic (exact) mass is 288 g/mol. The molecule has 0 amide bonds. The summed E-state index contributed by atoms with van der Waals surface area (Å²) in [6, 6.07) is 5.92. The molecule has 0 aliphatic carbocycles. The van der Waals surface area contributed by atoms with Gasteiger partial charge in [0.25, 0.3) is 0 Å². The lowest BCUT2D eigenvalue weighted by atomic mass is 10.2. The van der Waals surface area contributed by atoms with E-state index in [9.17, 15) is 0 Å². The predicted octanol–water partition coefficient (Wildman–Crippen LogP) is 3.58. The van der Waals surface area contributed by atoms with E-state index in [-0.39, 0.29) is 0 Å². The third-order valence-electron chi connectivity index (χ3n) is 2.28. The summed E-state index contributed by atoms with van der Waals surface area (Å²) in [5, 5.41) is 4.04. The number of nitrogens with two attached hydrogens (primary N) is 1. The molecule has 0 fully saturated rings. The van der Waals surface area contributed by atoms with Crippen molar-refractivity contribution in [3.05, 3.63) is 22.7 Å². The first-order valence-electron chi connectivity index (χ1n) is 4.95. The van der Waals surface area contributed by atoms with Crippen LogP contribution in [0.15, 0.2) is 22.7 Å². The van der Waals surface area contributed by atoms with Crippen LogP contribution in [0.3, 0.4) is 0 Å². The van der Waals surface area contributed by atoms with Crippen molar-refractivity contribution in [1.29, 1.82) is 0 Å². The highest BCUT2D eigenvalue weighted by Crippen LogP contribution is 2.23. The summed E-state index contributed by atoms with van der Waals surface area (Å²) in [4.78, 5) is 0. The second kappa shape index (κ2) is 6.28. The summed E-state index contributed by atoms with van der Waals surface area (Å²) in [7, 11) is 0. The Balaban J connectivity index is 2.44. The summed E-state index contributed by atoms with van der Waals surface area (Å²) in [5.41, 5.74) is 7.69. The lowest BCUT2D eigenvalue weighted by Gasteiger charge is -2.12. The van der Waals surface area contributed by atoms with Gasteiger partial charge in [-0.1, -0.05) is 22.9 Å². The van der Waals surface area contributed by atoms with Crippen LogP contribution in [-0.2, 0) is 0 Å². The number of nitrogens with one attached hydrogen (secondary N) is 1. The van der Waals surface area contributed by atoms with E-state index < -0.39 is 0 Å². The number of benzene rings is 1. The van der Waals surface area contributed by atoms with Gasteiger partial charge in [-0.15, -0.1) is 0 Å². The van der Waals surface area contributed by atoms with Gasteiger partial charge in [-0.25, -0.2) is 0 Å². The standard InChI is InChI=1S/C11H17BrN2S/c1-8(15-2)5-6-14-11-4-3-9(12)7-10(11)13/h3-4,7-8,14H,5-6,13H2,1-2H3. The van der Waals surface area contributed by atoms with Crippen molar-refractivity contribution in [2.45, 2.75) is 18.6 Å². The van der Waals surface area contributed by atoms with E-state index in [1.54, 1.807) is 0 Å². The molecule has 4 heteroatoms. The molecule has 0 saturated carbocycles. The van der Waals surface area contributed by atoms with Crippen LogP contribution in [-0.4, -0.2) is 18.1 Å². The van der Waals surface area contributed by atoms with Crippen molar-refractivity contribution in [2.24, 2.45) is 0 Å². The average Bonchev–Trinajstić information content (AvgIpc) is 2.21. The summed E-state index contributed by atoms with van der Waals surface area (Å²) in [6.07, 6.45) is 3.29. The van der Waals surface area contributed by atoms with Crippen molar-refractivity contribution in [3.63, 3.8) is 0 Å². The number of thioether (sulfide) groups is 1. The van der Waals surface area contributed by atoms with Crippen LogP contribution in [0, 0.1) is 0 Å². The SMILES string of the molecule is CSC(C)CCNc1ccc(Br)cc1N. The van der Waals surface area contributed by atoms with Crippen molar-refractivity contribution in [2.75, 3.05) is 23.9 Å². The lowest BCUT2D eigenvalue weighted by molar-refractivity contribution is 0.854. The summed E-state index contributed by atoms with van der Waals surface area (Å²) in [6.45, 7) is 3.20. The molecule has 0 bridgehead atoms. The fourth-order valence-corrected chi connectivity index (χ4v) is 1.95. The Bertz CT molecular complexity index is 317. The van der Waals surface area contributed by atoms with Gasteiger partial charge >= 0.3 is 0 Å². The predicted molar refractivity (Wildman–Crippen MR) is 74.6 cm³/mol. The molecule has 0 saturated heterocycles. The van der Waals surface area contributed by atoms with Crippen LogP contribution < -0.4 is 11.1 Å². The molecule has 1 atom stereocenters. The Morgan fingerprint density at radius 2 is 2.27 bits per heavy atom. The number of nitrogen functional groups attached to an aromatic ring is 1. The van der Waals surface area contributed by atoms with Gasteiger partial charge in [0.2, 0.25) is 0 Å². The molecule has 0 aliphatic rings. The van der Waals surface area contributed by atoms with Gasteiger partial charge in [0.05, 0.1) is 11.4 Å². The molecule has 2 nitrogen and oxygen atoms in total. The van der Waals surface area contributed by atoms with E-state index in [2.05, 4.69) is 34.4 Å². The third kappa shape index (κ3) is 4.34. The number of halogens is 1. The Labute approximate surface area is 104 Å². The van der Waals surface area contributed by atoms with Crippen LogP contribution in [0.5, 0.6) is 0 Å². The Hall–Kier alpha value is -0.350. The minimum atomic E-state index is 0.689. The molecule has 0 radical (unpaired) electrons. The average molecular weight is 289 g/mol. The first-order chi connectivity index (χ1) is 7.13. The normalized spacial score (nSPS) is 12.5. The van der Waals surface area contributed by atoms with Gasteiger partial charge in [-0.3, -0.25) is 0 Å². The number of anilines is 2. The van der Waals surface area contributed by atoms with E-state index in [1.807, 2.05) is 30.0 Å². The molecule has 0 heterocycles. The molecule has 1 aromatic rings. The van der Waals surface area contributed by atoms with Crippen molar-refractivity contribution < 1.29 is 0 Å². The minimum Gasteiger partial charge on any atom is -0.397 e. The molecule has 15 heavy (non-hydrogen) atoms. The smallest absolute Gasteiger partial charge is 0.0574 e. The van der Waals surface area contributed by atoms with Crippen molar-refractivity contribution in [3.8, 4) is 0 Å². The number of rotatable bonds is 5. The fraction of sp³-hybridized carbons (Fsp3) is 0.455. The second-order valence-electron chi connectivity index (χ2n) is 3.49. The van der Waals surface area contributed by atoms with Crippen LogP contribution >= 0.6 is 27.7 Å². The molecule has 0 aromatic heterocycles. The maximum atomic E-state index is 5.87. The second-order valence-corrected chi connectivity index (χ2v) is 5.69. The third-order valence-corrected chi connectivity index (χ3v) is 3.82. The largest absolute Gasteiger partial charge is 0.397 e. The molecular formula is C11H17BrN2S. The Morgan fingerprint density at radius 1 is 1.53 bits per heavy atom. The van der Waals surface area contributed by atoms with E-state index in [0.717, 1.165) is 28.8 Å². The highest BCUT2D eigenvalue weighted by atomic mass is 79.9. The van der Waals surface area contributed by atoms with Gasteiger partial charge in [0.15, 0.2) is 0 Å². The lowest BCUT2D eigenvalue weighted by Crippen LogP contribution is -2.08. The molecule has 1 rings (SSSR count). The van der Waals surface area contributed by atoms with Crippen molar-refractivity contribution >= 4 is 39.1 Å². The molecular weight excluding hydrogens is 272 g/mol. The molecule has 0 spiro atoms.